The van der Waals surface area contributed by atoms with E-state index in [-0.39, 0.29) is 12.1 Å². The number of nitrogens with one attached hydrogen (secondary N) is 1. The lowest BCUT2D eigenvalue weighted by Crippen LogP contribution is -2.21. The van der Waals surface area contributed by atoms with Crippen LogP contribution in [0.15, 0.2) is 6.20 Å². The van der Waals surface area contributed by atoms with Crippen LogP contribution in [0.5, 0.6) is 0 Å². The first-order valence-corrected chi connectivity index (χ1v) is 8.06. The number of nitrogens with zero attached hydrogens (tertiary/aromatic N) is 2. The summed E-state index contributed by atoms with van der Waals surface area (Å²) in [7, 11) is 0. The molecule has 0 aromatic carbocycles. The van der Waals surface area contributed by atoms with E-state index in [1.165, 1.54) is 6.20 Å². The molecule has 1 amide bonds. The van der Waals surface area contributed by atoms with Gasteiger partial charge in [0.15, 0.2) is 0 Å². The normalized spacial score (nSPS) is 22.4. The van der Waals surface area contributed by atoms with E-state index in [4.69, 9.17) is 5.73 Å². The molecule has 122 valence electrons. The molecule has 0 saturated heterocycles. The Morgan fingerprint density at radius 2 is 2.18 bits per heavy atom. The van der Waals surface area contributed by atoms with Crippen LogP contribution in [-0.2, 0) is 6.42 Å². The number of nitrogens with two attached hydrogens (primary N) is 1. The third-order valence-corrected chi connectivity index (χ3v) is 4.06. The largest absolute Gasteiger partial charge is 0.393 e. The summed E-state index contributed by atoms with van der Waals surface area (Å²) in [6, 6.07) is 0.161. The van der Waals surface area contributed by atoms with E-state index in [1.807, 2.05) is 13.8 Å². The lowest BCUT2D eigenvalue weighted by molar-refractivity contribution is 0.100. The van der Waals surface area contributed by atoms with E-state index in [1.54, 1.807) is 0 Å². The number of carbonyl (C=O) groups excluding carboxylic acids is 1. The molecule has 0 radical (unpaired) electrons. The van der Waals surface area contributed by atoms with Crippen molar-refractivity contribution >= 4 is 11.7 Å². The first kappa shape index (κ1) is 16.7. The van der Waals surface area contributed by atoms with Crippen molar-refractivity contribution in [1.82, 2.24) is 9.97 Å². The molecule has 1 saturated carbocycles. The summed E-state index contributed by atoms with van der Waals surface area (Å²) in [5.74, 6) is 1.21. The van der Waals surface area contributed by atoms with Crippen LogP contribution in [0.25, 0.3) is 0 Å². The number of aliphatic hydroxyl groups is 1. The molecule has 1 aromatic heterocycles. The average Bonchev–Trinajstić information content (AvgIpc) is 2.63. The van der Waals surface area contributed by atoms with Crippen molar-refractivity contribution in [2.45, 2.75) is 64.5 Å². The fourth-order valence-corrected chi connectivity index (χ4v) is 2.90. The molecule has 1 heterocycles. The van der Waals surface area contributed by atoms with Crippen molar-refractivity contribution < 1.29 is 9.90 Å². The molecule has 6 heteroatoms. The number of hydrogen-bond donors (Lipinski definition) is 3. The highest BCUT2D eigenvalue weighted by molar-refractivity contribution is 5.97. The topological polar surface area (TPSA) is 101 Å². The summed E-state index contributed by atoms with van der Waals surface area (Å²) in [4.78, 5) is 20.3. The number of anilines is 1. The van der Waals surface area contributed by atoms with Crippen LogP contribution < -0.4 is 11.1 Å². The van der Waals surface area contributed by atoms with Gasteiger partial charge in [-0.3, -0.25) is 4.79 Å². The monoisotopic (exact) mass is 306 g/mol. The van der Waals surface area contributed by atoms with Gasteiger partial charge in [0, 0.05) is 18.7 Å². The Hall–Kier alpha value is -1.69. The van der Waals surface area contributed by atoms with E-state index < -0.39 is 5.91 Å². The fourth-order valence-electron chi connectivity index (χ4n) is 2.90. The number of aliphatic hydroxyl groups excluding tert-OH is 1. The molecular weight excluding hydrogens is 280 g/mol. The lowest BCUT2D eigenvalue weighted by Gasteiger charge is -2.16. The number of primary amides is 1. The third-order valence-electron chi connectivity index (χ3n) is 4.06. The molecule has 22 heavy (non-hydrogen) atoms. The SMILES string of the molecule is CC(C)Nc1nc(C[C@@H]2CCCC(O)CC2)ncc1C(N)=O. The second-order valence-electron chi connectivity index (χ2n) is 6.44. The van der Waals surface area contributed by atoms with Crippen LogP contribution in [0.4, 0.5) is 5.82 Å². The third kappa shape index (κ3) is 4.66. The molecule has 1 fully saturated rings. The molecule has 0 spiro atoms. The second kappa shape index (κ2) is 7.54. The molecule has 1 aliphatic rings. The van der Waals surface area contributed by atoms with Crippen molar-refractivity contribution in [2.75, 3.05) is 5.32 Å². The van der Waals surface area contributed by atoms with Gasteiger partial charge < -0.3 is 16.2 Å². The van der Waals surface area contributed by atoms with Gasteiger partial charge in [0.05, 0.1) is 11.7 Å². The minimum atomic E-state index is -0.521. The van der Waals surface area contributed by atoms with Gasteiger partial charge in [0.2, 0.25) is 0 Å². The van der Waals surface area contributed by atoms with Gasteiger partial charge in [0.1, 0.15) is 11.6 Å². The zero-order valence-electron chi connectivity index (χ0n) is 13.4. The average molecular weight is 306 g/mol. The number of amides is 1. The number of hydrogen-bond acceptors (Lipinski definition) is 5. The van der Waals surface area contributed by atoms with Crippen LogP contribution in [0.3, 0.4) is 0 Å². The van der Waals surface area contributed by atoms with Crippen molar-refractivity contribution in [3.05, 3.63) is 17.6 Å². The Morgan fingerprint density at radius 1 is 1.41 bits per heavy atom. The Morgan fingerprint density at radius 3 is 2.86 bits per heavy atom. The number of rotatable bonds is 5. The number of carbonyl (C=O) groups is 1. The van der Waals surface area contributed by atoms with Crippen LogP contribution in [0.2, 0.25) is 0 Å². The summed E-state index contributed by atoms with van der Waals surface area (Å²) in [5, 5.41) is 12.9. The first-order valence-electron chi connectivity index (χ1n) is 8.06. The predicted octanol–water partition coefficient (Wildman–Crippen LogP) is 1.88. The molecule has 0 aliphatic heterocycles. The van der Waals surface area contributed by atoms with Gasteiger partial charge in [0.25, 0.3) is 5.91 Å². The first-order chi connectivity index (χ1) is 10.5. The van der Waals surface area contributed by atoms with Gasteiger partial charge >= 0.3 is 0 Å². The van der Waals surface area contributed by atoms with Crippen molar-refractivity contribution in [3.63, 3.8) is 0 Å². The van der Waals surface area contributed by atoms with E-state index in [9.17, 15) is 9.90 Å². The molecule has 4 N–H and O–H groups in total. The maximum absolute atomic E-state index is 11.5. The van der Waals surface area contributed by atoms with Gasteiger partial charge in [-0.1, -0.05) is 6.42 Å². The van der Waals surface area contributed by atoms with Crippen LogP contribution in [0.1, 0.15) is 62.1 Å². The Kier molecular flexibility index (Phi) is 5.71. The Balaban J connectivity index is 2.12. The van der Waals surface area contributed by atoms with E-state index in [0.717, 1.165) is 44.3 Å². The van der Waals surface area contributed by atoms with E-state index in [2.05, 4.69) is 15.3 Å². The van der Waals surface area contributed by atoms with Gasteiger partial charge in [-0.05, 0) is 45.4 Å². The second-order valence-corrected chi connectivity index (χ2v) is 6.44. The minimum Gasteiger partial charge on any atom is -0.393 e. The highest BCUT2D eigenvalue weighted by Crippen LogP contribution is 2.26. The molecule has 0 bridgehead atoms. The smallest absolute Gasteiger partial charge is 0.254 e. The van der Waals surface area contributed by atoms with Gasteiger partial charge in [-0.15, -0.1) is 0 Å². The summed E-state index contributed by atoms with van der Waals surface area (Å²) >= 11 is 0. The highest BCUT2D eigenvalue weighted by atomic mass is 16.3. The molecule has 2 rings (SSSR count). The molecular formula is C16H26N4O2. The summed E-state index contributed by atoms with van der Waals surface area (Å²) in [5.41, 5.74) is 5.70. The van der Waals surface area contributed by atoms with Crippen molar-refractivity contribution in [1.29, 1.82) is 0 Å². The minimum absolute atomic E-state index is 0.161. The standard InChI is InChI=1S/C16H26N4O2/c1-10(2)19-16-13(15(17)22)9-18-14(20-16)8-11-4-3-5-12(21)7-6-11/h9-12,21H,3-8H2,1-2H3,(H2,17,22)(H,18,19,20)/t11-,12?/m1/s1. The molecule has 1 aliphatic carbocycles. The Bertz CT molecular complexity index is 519. The quantitative estimate of drug-likeness (QED) is 0.721. The van der Waals surface area contributed by atoms with Crippen molar-refractivity contribution in [2.24, 2.45) is 11.7 Å². The molecule has 2 atom stereocenters. The lowest BCUT2D eigenvalue weighted by atomic mass is 9.96. The van der Waals surface area contributed by atoms with Crippen molar-refractivity contribution in [3.8, 4) is 0 Å². The fraction of sp³-hybridized carbons (Fsp3) is 0.688. The van der Waals surface area contributed by atoms with Crippen LogP contribution >= 0.6 is 0 Å². The van der Waals surface area contributed by atoms with E-state index in [0.29, 0.717) is 17.3 Å². The maximum atomic E-state index is 11.5. The van der Waals surface area contributed by atoms with E-state index >= 15 is 0 Å². The Labute approximate surface area is 131 Å². The summed E-state index contributed by atoms with van der Waals surface area (Å²) in [6.45, 7) is 3.97. The zero-order chi connectivity index (χ0) is 16.1. The zero-order valence-corrected chi connectivity index (χ0v) is 13.4. The maximum Gasteiger partial charge on any atom is 0.254 e. The molecule has 1 aromatic rings. The van der Waals surface area contributed by atoms with Crippen LogP contribution in [0, 0.1) is 5.92 Å². The van der Waals surface area contributed by atoms with Gasteiger partial charge in [-0.2, -0.15) is 0 Å². The number of aromatic nitrogens is 2. The molecule has 6 nitrogen and oxygen atoms in total. The van der Waals surface area contributed by atoms with Gasteiger partial charge in [-0.25, -0.2) is 9.97 Å². The highest BCUT2D eigenvalue weighted by Gasteiger charge is 2.20. The summed E-state index contributed by atoms with van der Waals surface area (Å²) in [6.07, 6.45) is 6.99. The molecule has 1 unspecified atom stereocenters. The predicted molar refractivity (Wildman–Crippen MR) is 85.6 cm³/mol. The van der Waals surface area contributed by atoms with Crippen LogP contribution in [-0.4, -0.2) is 33.1 Å². The summed E-state index contributed by atoms with van der Waals surface area (Å²) < 4.78 is 0.